The third-order valence-corrected chi connectivity index (χ3v) is 4.62. The van der Waals surface area contributed by atoms with Gasteiger partial charge >= 0.3 is 5.97 Å². The minimum absolute atomic E-state index is 0.0545. The number of hydrogen-bond acceptors (Lipinski definition) is 3. The quantitative estimate of drug-likeness (QED) is 0.657. The molecule has 27 heavy (non-hydrogen) atoms. The van der Waals surface area contributed by atoms with Crippen molar-refractivity contribution in [2.75, 3.05) is 0 Å². The SMILES string of the molecule is Cc1c(COc2ccccc2CC(=O)O)cccc1-c1cccc(CN)c1. The highest BCUT2D eigenvalue weighted by atomic mass is 16.5. The summed E-state index contributed by atoms with van der Waals surface area (Å²) in [5.74, 6) is -0.265. The molecule has 3 N–H and O–H groups in total. The summed E-state index contributed by atoms with van der Waals surface area (Å²) >= 11 is 0. The number of aliphatic carboxylic acids is 1. The van der Waals surface area contributed by atoms with Crippen molar-refractivity contribution in [1.29, 1.82) is 0 Å². The van der Waals surface area contributed by atoms with Crippen LogP contribution in [0.25, 0.3) is 11.1 Å². The van der Waals surface area contributed by atoms with E-state index in [0.29, 0.717) is 24.5 Å². The maximum absolute atomic E-state index is 11.0. The van der Waals surface area contributed by atoms with Crippen molar-refractivity contribution in [2.45, 2.75) is 26.5 Å². The molecule has 4 heteroatoms. The Morgan fingerprint density at radius 2 is 1.74 bits per heavy atom. The van der Waals surface area contributed by atoms with Crippen LogP contribution in [0.5, 0.6) is 5.75 Å². The molecule has 0 saturated heterocycles. The average molecular weight is 361 g/mol. The van der Waals surface area contributed by atoms with Gasteiger partial charge in [0.1, 0.15) is 12.4 Å². The predicted molar refractivity (Wildman–Crippen MR) is 107 cm³/mol. The highest BCUT2D eigenvalue weighted by Gasteiger charge is 2.10. The third kappa shape index (κ3) is 4.54. The van der Waals surface area contributed by atoms with E-state index in [1.54, 1.807) is 6.07 Å². The van der Waals surface area contributed by atoms with Crippen LogP contribution in [0.2, 0.25) is 0 Å². The summed E-state index contributed by atoms with van der Waals surface area (Å²) in [6, 6.07) is 21.6. The molecule has 0 bridgehead atoms. The first-order valence-corrected chi connectivity index (χ1v) is 8.89. The van der Waals surface area contributed by atoms with Gasteiger partial charge in [0.25, 0.3) is 0 Å². The smallest absolute Gasteiger partial charge is 0.307 e. The van der Waals surface area contributed by atoms with E-state index in [4.69, 9.17) is 15.6 Å². The summed E-state index contributed by atoms with van der Waals surface area (Å²) in [6.45, 7) is 2.97. The number of carboxylic acid groups (broad SMARTS) is 1. The fourth-order valence-electron chi connectivity index (χ4n) is 3.13. The van der Waals surface area contributed by atoms with Crippen LogP contribution in [-0.4, -0.2) is 11.1 Å². The van der Waals surface area contributed by atoms with Crippen LogP contribution in [0.15, 0.2) is 66.7 Å². The fraction of sp³-hybridized carbons (Fsp3) is 0.174. The molecule has 138 valence electrons. The molecular formula is C23H23NO3. The molecule has 0 aliphatic carbocycles. The molecule has 0 saturated carbocycles. The van der Waals surface area contributed by atoms with Gasteiger partial charge in [-0.1, -0.05) is 54.6 Å². The molecular weight excluding hydrogens is 338 g/mol. The van der Waals surface area contributed by atoms with Crippen molar-refractivity contribution in [3.8, 4) is 16.9 Å². The monoisotopic (exact) mass is 361 g/mol. The molecule has 0 aliphatic rings. The van der Waals surface area contributed by atoms with E-state index in [1.165, 1.54) is 0 Å². The largest absolute Gasteiger partial charge is 0.489 e. The predicted octanol–water partition coefficient (Wildman–Crippen LogP) is 4.33. The minimum atomic E-state index is -0.871. The second-order valence-electron chi connectivity index (χ2n) is 6.46. The van der Waals surface area contributed by atoms with Crippen LogP contribution in [0.1, 0.15) is 22.3 Å². The molecule has 0 spiro atoms. The Labute approximate surface area is 159 Å². The van der Waals surface area contributed by atoms with Crippen LogP contribution >= 0.6 is 0 Å². The summed E-state index contributed by atoms with van der Waals surface area (Å²) in [5.41, 5.74) is 12.0. The number of para-hydroxylation sites is 1. The van der Waals surface area contributed by atoms with Crippen LogP contribution in [0.4, 0.5) is 0 Å². The summed E-state index contributed by atoms with van der Waals surface area (Å²) < 4.78 is 5.96. The number of carboxylic acids is 1. The van der Waals surface area contributed by atoms with Gasteiger partial charge in [-0.3, -0.25) is 4.79 Å². The van der Waals surface area contributed by atoms with E-state index >= 15 is 0 Å². The first-order chi connectivity index (χ1) is 13.1. The van der Waals surface area contributed by atoms with Gasteiger partial charge in [-0.2, -0.15) is 0 Å². The zero-order valence-corrected chi connectivity index (χ0v) is 15.3. The number of hydrogen-bond donors (Lipinski definition) is 2. The van der Waals surface area contributed by atoms with Gasteiger partial charge in [0.2, 0.25) is 0 Å². The van der Waals surface area contributed by atoms with Gasteiger partial charge in [0, 0.05) is 12.1 Å². The van der Waals surface area contributed by atoms with Gasteiger partial charge in [0.05, 0.1) is 6.42 Å². The molecule has 0 heterocycles. The Balaban J connectivity index is 1.84. The Morgan fingerprint density at radius 3 is 2.52 bits per heavy atom. The second kappa shape index (κ2) is 8.52. The number of ether oxygens (including phenoxy) is 1. The molecule has 0 unspecified atom stereocenters. The Morgan fingerprint density at radius 1 is 1.00 bits per heavy atom. The van der Waals surface area contributed by atoms with Crippen LogP contribution in [-0.2, 0) is 24.4 Å². The minimum Gasteiger partial charge on any atom is -0.489 e. The van der Waals surface area contributed by atoms with Crippen molar-refractivity contribution in [3.63, 3.8) is 0 Å². The normalized spacial score (nSPS) is 10.6. The lowest BCUT2D eigenvalue weighted by molar-refractivity contribution is -0.136. The molecule has 0 fully saturated rings. The molecule has 0 aliphatic heterocycles. The van der Waals surface area contributed by atoms with E-state index < -0.39 is 5.97 Å². The standard InChI is InChI=1S/C23H23NO3/c1-16-20(15-27-22-11-3-2-7-19(22)13-23(25)26)9-5-10-21(16)18-8-4-6-17(12-18)14-24/h2-12H,13-15,24H2,1H3,(H,25,26). The first kappa shape index (κ1) is 18.7. The van der Waals surface area contributed by atoms with E-state index in [9.17, 15) is 4.79 Å². The maximum atomic E-state index is 11.0. The molecule has 3 aromatic carbocycles. The molecule has 0 atom stereocenters. The van der Waals surface area contributed by atoms with Crippen molar-refractivity contribution in [3.05, 3.63) is 89.0 Å². The van der Waals surface area contributed by atoms with E-state index in [-0.39, 0.29) is 6.42 Å². The summed E-state index contributed by atoms with van der Waals surface area (Å²) in [6.07, 6.45) is -0.0545. The van der Waals surface area contributed by atoms with Gasteiger partial charge in [-0.05, 0) is 46.9 Å². The van der Waals surface area contributed by atoms with Crippen LogP contribution < -0.4 is 10.5 Å². The van der Waals surface area contributed by atoms with Gasteiger partial charge < -0.3 is 15.6 Å². The van der Waals surface area contributed by atoms with E-state index in [0.717, 1.165) is 27.8 Å². The van der Waals surface area contributed by atoms with E-state index in [1.807, 2.05) is 42.5 Å². The zero-order chi connectivity index (χ0) is 19.2. The molecule has 3 rings (SSSR count). The van der Waals surface area contributed by atoms with Crippen molar-refractivity contribution in [1.82, 2.24) is 0 Å². The zero-order valence-electron chi connectivity index (χ0n) is 15.3. The number of benzene rings is 3. The highest BCUT2D eigenvalue weighted by molar-refractivity contribution is 5.71. The lowest BCUT2D eigenvalue weighted by atomic mass is 9.95. The lowest BCUT2D eigenvalue weighted by Gasteiger charge is -2.15. The third-order valence-electron chi connectivity index (χ3n) is 4.62. The molecule has 4 nitrogen and oxygen atoms in total. The van der Waals surface area contributed by atoms with Crippen LogP contribution in [0.3, 0.4) is 0 Å². The Bertz CT molecular complexity index is 950. The summed E-state index contributed by atoms with van der Waals surface area (Å²) in [7, 11) is 0. The topological polar surface area (TPSA) is 72.5 Å². The van der Waals surface area contributed by atoms with Crippen molar-refractivity contribution >= 4 is 5.97 Å². The maximum Gasteiger partial charge on any atom is 0.307 e. The number of nitrogens with two attached hydrogens (primary N) is 1. The first-order valence-electron chi connectivity index (χ1n) is 8.89. The Hall–Kier alpha value is -3.11. The van der Waals surface area contributed by atoms with Gasteiger partial charge in [0.15, 0.2) is 0 Å². The Kier molecular flexibility index (Phi) is 5.89. The fourth-order valence-corrected chi connectivity index (χ4v) is 3.13. The molecule has 0 aromatic heterocycles. The summed E-state index contributed by atoms with van der Waals surface area (Å²) in [5, 5.41) is 9.06. The molecule has 0 radical (unpaired) electrons. The second-order valence-corrected chi connectivity index (χ2v) is 6.46. The number of carbonyl (C=O) groups is 1. The van der Waals surface area contributed by atoms with Crippen molar-refractivity contribution in [2.24, 2.45) is 5.73 Å². The van der Waals surface area contributed by atoms with E-state index in [2.05, 4.69) is 25.1 Å². The molecule has 0 amide bonds. The molecule has 3 aromatic rings. The lowest BCUT2D eigenvalue weighted by Crippen LogP contribution is -2.05. The number of rotatable bonds is 7. The summed E-state index contributed by atoms with van der Waals surface area (Å²) in [4.78, 5) is 11.0. The van der Waals surface area contributed by atoms with Gasteiger partial charge in [-0.15, -0.1) is 0 Å². The highest BCUT2D eigenvalue weighted by Crippen LogP contribution is 2.28. The average Bonchev–Trinajstić information content (AvgIpc) is 2.68. The van der Waals surface area contributed by atoms with Crippen molar-refractivity contribution < 1.29 is 14.6 Å². The van der Waals surface area contributed by atoms with Crippen LogP contribution in [0, 0.1) is 6.92 Å². The van der Waals surface area contributed by atoms with Gasteiger partial charge in [-0.25, -0.2) is 0 Å².